The Labute approximate surface area is 124 Å². The Kier molecular flexibility index (Phi) is 5.42. The van der Waals surface area contributed by atoms with E-state index in [0.29, 0.717) is 12.1 Å². The highest BCUT2D eigenvalue weighted by Gasteiger charge is 2.32. The maximum Gasteiger partial charge on any atom is 0.104 e. The first kappa shape index (κ1) is 15.8. The number of rotatable bonds is 7. The Hall–Kier alpha value is -0.630. The monoisotopic (exact) mass is 278 g/mol. The topological polar surface area (TPSA) is 42.3 Å². The fourth-order valence-corrected chi connectivity index (χ4v) is 3.00. The zero-order chi connectivity index (χ0) is 14.6. The summed E-state index contributed by atoms with van der Waals surface area (Å²) in [6, 6.07) is 3.75. The molecule has 1 saturated heterocycles. The molecule has 1 aliphatic heterocycles. The number of hydrogen-bond donors (Lipinski definition) is 1. The normalized spacial score (nSPS) is 24.6. The fraction of sp³-hybridized carbons (Fsp3) is 0.938. The second-order valence-electron chi connectivity index (χ2n) is 6.94. The Balaban J connectivity index is 1.64. The molecule has 1 aliphatic carbocycles. The molecule has 0 aromatic carbocycles. The van der Waals surface area contributed by atoms with Gasteiger partial charge in [-0.15, -0.1) is 0 Å². The third-order valence-corrected chi connectivity index (χ3v) is 4.64. The molecule has 1 heterocycles. The van der Waals surface area contributed by atoms with Gasteiger partial charge in [0.25, 0.3) is 0 Å². The number of hydrogen-bond acceptors (Lipinski definition) is 4. The van der Waals surface area contributed by atoms with Crippen molar-refractivity contribution in [3.8, 4) is 6.07 Å². The molecule has 2 aliphatic rings. The van der Waals surface area contributed by atoms with Crippen molar-refractivity contribution in [2.45, 2.75) is 64.1 Å². The van der Waals surface area contributed by atoms with Gasteiger partial charge in [-0.25, -0.2) is 0 Å². The molecular weight excluding hydrogens is 248 g/mol. The molecular formula is C16H30N4. The van der Waals surface area contributed by atoms with Crippen LogP contribution in [0.3, 0.4) is 0 Å². The van der Waals surface area contributed by atoms with E-state index in [2.05, 4.69) is 42.0 Å². The molecule has 20 heavy (non-hydrogen) atoms. The van der Waals surface area contributed by atoms with E-state index in [4.69, 9.17) is 0 Å². The lowest BCUT2D eigenvalue weighted by molar-refractivity contribution is 0.106. The van der Waals surface area contributed by atoms with Gasteiger partial charge in [0.1, 0.15) is 5.54 Å². The molecule has 1 N–H and O–H groups in total. The minimum atomic E-state index is -0.319. The lowest BCUT2D eigenvalue weighted by Gasteiger charge is -2.37. The van der Waals surface area contributed by atoms with E-state index in [9.17, 15) is 5.26 Å². The first-order valence-corrected chi connectivity index (χ1v) is 8.18. The lowest BCUT2D eigenvalue weighted by Crippen LogP contribution is -2.49. The van der Waals surface area contributed by atoms with Crippen LogP contribution in [0.1, 0.15) is 46.5 Å². The van der Waals surface area contributed by atoms with Crippen LogP contribution in [0.4, 0.5) is 0 Å². The fourth-order valence-electron chi connectivity index (χ4n) is 3.00. The molecule has 4 nitrogen and oxygen atoms in total. The first-order valence-electron chi connectivity index (χ1n) is 8.18. The highest BCUT2D eigenvalue weighted by atomic mass is 15.3. The largest absolute Gasteiger partial charge is 0.301 e. The van der Waals surface area contributed by atoms with E-state index in [1.807, 2.05) is 0 Å². The zero-order valence-corrected chi connectivity index (χ0v) is 13.4. The van der Waals surface area contributed by atoms with Crippen LogP contribution in [0.5, 0.6) is 0 Å². The van der Waals surface area contributed by atoms with Crippen molar-refractivity contribution in [3.05, 3.63) is 0 Å². The van der Waals surface area contributed by atoms with Crippen molar-refractivity contribution < 1.29 is 0 Å². The molecule has 0 radical (unpaired) electrons. The molecule has 4 heteroatoms. The number of nitrogens with one attached hydrogen (secondary N) is 1. The molecule has 0 spiro atoms. The van der Waals surface area contributed by atoms with Crippen LogP contribution >= 0.6 is 0 Å². The average molecular weight is 278 g/mol. The van der Waals surface area contributed by atoms with Gasteiger partial charge in [-0.2, -0.15) is 5.26 Å². The van der Waals surface area contributed by atoms with Gasteiger partial charge in [0, 0.05) is 38.3 Å². The first-order chi connectivity index (χ1) is 9.52. The van der Waals surface area contributed by atoms with Crippen molar-refractivity contribution in [3.63, 3.8) is 0 Å². The maximum absolute atomic E-state index is 9.36. The van der Waals surface area contributed by atoms with Gasteiger partial charge in [0.05, 0.1) is 6.07 Å². The predicted octanol–water partition coefficient (Wildman–Crippen LogP) is 1.83. The summed E-state index contributed by atoms with van der Waals surface area (Å²) in [7, 11) is 0. The minimum Gasteiger partial charge on any atom is -0.301 e. The molecule has 1 saturated carbocycles. The highest BCUT2D eigenvalue weighted by Crippen LogP contribution is 2.24. The average Bonchev–Trinajstić information content (AvgIpc) is 3.23. The van der Waals surface area contributed by atoms with Gasteiger partial charge in [0.2, 0.25) is 0 Å². The van der Waals surface area contributed by atoms with E-state index in [1.165, 1.54) is 39.0 Å². The lowest BCUT2D eigenvalue weighted by atomic mass is 9.97. The predicted molar refractivity (Wildman–Crippen MR) is 82.6 cm³/mol. The molecule has 0 aromatic heterocycles. The van der Waals surface area contributed by atoms with Crippen LogP contribution < -0.4 is 5.32 Å². The molecule has 1 atom stereocenters. The standard InChI is InChI=1S/C16H30N4/c1-14(2)20-11-9-19(10-12-20)8-4-7-16(3,13-17)18-15-5-6-15/h14-15,18H,4-12H2,1-3H3. The Morgan fingerprint density at radius 3 is 2.40 bits per heavy atom. The van der Waals surface area contributed by atoms with Crippen molar-refractivity contribution in [1.82, 2.24) is 15.1 Å². The second-order valence-corrected chi connectivity index (χ2v) is 6.94. The third-order valence-electron chi connectivity index (χ3n) is 4.64. The quantitative estimate of drug-likeness (QED) is 0.771. The van der Waals surface area contributed by atoms with Gasteiger partial charge in [-0.3, -0.25) is 10.2 Å². The van der Waals surface area contributed by atoms with Crippen LogP contribution in [0.2, 0.25) is 0 Å². The summed E-state index contributed by atoms with van der Waals surface area (Å²) < 4.78 is 0. The van der Waals surface area contributed by atoms with Gasteiger partial charge in [-0.05, 0) is 53.0 Å². The smallest absolute Gasteiger partial charge is 0.104 e. The summed E-state index contributed by atoms with van der Waals surface area (Å²) in [6.45, 7) is 12.5. The zero-order valence-electron chi connectivity index (χ0n) is 13.4. The van der Waals surface area contributed by atoms with Crippen LogP contribution in [-0.2, 0) is 0 Å². The summed E-state index contributed by atoms with van der Waals surface area (Å²) >= 11 is 0. The number of nitrogens with zero attached hydrogens (tertiary/aromatic N) is 3. The van der Waals surface area contributed by atoms with Crippen LogP contribution in [-0.4, -0.2) is 60.1 Å². The summed E-state index contributed by atoms with van der Waals surface area (Å²) in [5.41, 5.74) is -0.319. The number of piperazine rings is 1. The van der Waals surface area contributed by atoms with Crippen LogP contribution in [0.15, 0.2) is 0 Å². The molecule has 2 rings (SSSR count). The molecule has 114 valence electrons. The van der Waals surface area contributed by atoms with Crippen LogP contribution in [0.25, 0.3) is 0 Å². The summed E-state index contributed by atoms with van der Waals surface area (Å²) in [5.74, 6) is 0. The molecule has 0 amide bonds. The molecule has 2 fully saturated rings. The summed E-state index contributed by atoms with van der Waals surface area (Å²) in [4.78, 5) is 5.10. The SMILES string of the molecule is CC(C)N1CCN(CCCC(C)(C#N)NC2CC2)CC1. The van der Waals surface area contributed by atoms with Crippen LogP contribution in [0, 0.1) is 11.3 Å². The Morgan fingerprint density at radius 2 is 1.90 bits per heavy atom. The van der Waals surface area contributed by atoms with E-state index >= 15 is 0 Å². The molecule has 1 unspecified atom stereocenters. The summed E-state index contributed by atoms with van der Waals surface area (Å²) in [5, 5.41) is 12.9. The van der Waals surface area contributed by atoms with E-state index in [0.717, 1.165) is 19.4 Å². The maximum atomic E-state index is 9.36. The van der Waals surface area contributed by atoms with Gasteiger partial charge in [0.15, 0.2) is 0 Å². The van der Waals surface area contributed by atoms with Crippen molar-refractivity contribution >= 4 is 0 Å². The van der Waals surface area contributed by atoms with Gasteiger partial charge < -0.3 is 4.90 Å². The Bertz CT molecular complexity index is 337. The molecule has 0 bridgehead atoms. The van der Waals surface area contributed by atoms with Crippen molar-refractivity contribution in [1.29, 1.82) is 5.26 Å². The van der Waals surface area contributed by atoms with E-state index in [1.54, 1.807) is 0 Å². The van der Waals surface area contributed by atoms with Crippen molar-refractivity contribution in [2.24, 2.45) is 0 Å². The Morgan fingerprint density at radius 1 is 1.25 bits per heavy atom. The minimum absolute atomic E-state index is 0.319. The van der Waals surface area contributed by atoms with Gasteiger partial charge in [-0.1, -0.05) is 0 Å². The van der Waals surface area contributed by atoms with Gasteiger partial charge >= 0.3 is 0 Å². The third kappa shape index (κ3) is 4.73. The number of nitriles is 1. The van der Waals surface area contributed by atoms with E-state index in [-0.39, 0.29) is 5.54 Å². The van der Waals surface area contributed by atoms with E-state index < -0.39 is 0 Å². The highest BCUT2D eigenvalue weighted by molar-refractivity contribution is 5.07. The van der Waals surface area contributed by atoms with Crippen molar-refractivity contribution in [2.75, 3.05) is 32.7 Å². The summed E-state index contributed by atoms with van der Waals surface area (Å²) in [6.07, 6.45) is 4.57. The second kappa shape index (κ2) is 6.89. The molecule has 0 aromatic rings.